The number of nitrogens with one attached hydrogen (secondary N) is 1. The summed E-state index contributed by atoms with van der Waals surface area (Å²) in [6.07, 6.45) is 0. The van der Waals surface area contributed by atoms with Gasteiger partial charge in [-0.2, -0.15) is 0 Å². The number of halogens is 1. The summed E-state index contributed by atoms with van der Waals surface area (Å²) in [5.74, 6) is -0.312. The maximum atomic E-state index is 12.7. The number of carbonyl (C=O) groups is 1. The average molecular weight is 430 g/mol. The van der Waals surface area contributed by atoms with Crippen molar-refractivity contribution in [3.8, 4) is 11.3 Å². The van der Waals surface area contributed by atoms with E-state index in [-0.39, 0.29) is 11.6 Å². The van der Waals surface area contributed by atoms with Crippen molar-refractivity contribution in [3.05, 3.63) is 73.4 Å². The third-order valence-corrected chi connectivity index (χ3v) is 6.50. The van der Waals surface area contributed by atoms with Gasteiger partial charge in [-0.15, -0.1) is 22.7 Å². The molecule has 1 N–H and O–H groups in total. The van der Waals surface area contributed by atoms with E-state index in [4.69, 9.17) is 11.6 Å². The second-order valence-corrected chi connectivity index (χ2v) is 8.33. The van der Waals surface area contributed by atoms with Crippen LogP contribution in [0.4, 0.5) is 10.8 Å². The molecule has 0 unspecified atom stereocenters. The van der Waals surface area contributed by atoms with E-state index in [2.05, 4.69) is 10.3 Å². The summed E-state index contributed by atoms with van der Waals surface area (Å²) in [5, 5.41) is 17.0. The topological polar surface area (TPSA) is 85.1 Å². The molecule has 0 atom stereocenters. The van der Waals surface area contributed by atoms with Crippen LogP contribution in [-0.4, -0.2) is 15.8 Å². The van der Waals surface area contributed by atoms with Crippen molar-refractivity contribution in [2.24, 2.45) is 0 Å². The lowest BCUT2D eigenvalue weighted by molar-refractivity contribution is -0.384. The summed E-state index contributed by atoms with van der Waals surface area (Å²) in [4.78, 5) is 27.8. The molecule has 0 fully saturated rings. The summed E-state index contributed by atoms with van der Waals surface area (Å²) in [5.41, 5.74) is 2.48. The Morgan fingerprint density at radius 3 is 2.68 bits per heavy atom. The highest BCUT2D eigenvalue weighted by Crippen LogP contribution is 2.36. The Morgan fingerprint density at radius 2 is 1.96 bits per heavy atom. The zero-order valence-electron chi connectivity index (χ0n) is 14.4. The number of aryl methyl sites for hydroxylation is 1. The van der Waals surface area contributed by atoms with Crippen LogP contribution in [0.25, 0.3) is 21.3 Å². The SMILES string of the molecule is Cc1ccc2c(Cl)c(C(=O)Nc3nc(-c4ccc([N+](=O)[O-])cc4)cs3)sc2c1. The second-order valence-electron chi connectivity index (χ2n) is 6.04. The first kappa shape index (κ1) is 18.5. The fraction of sp³-hybridized carbons (Fsp3) is 0.0526. The summed E-state index contributed by atoms with van der Waals surface area (Å²) in [6.45, 7) is 1.99. The lowest BCUT2D eigenvalue weighted by Gasteiger charge is -2.00. The van der Waals surface area contributed by atoms with Gasteiger partial charge < -0.3 is 0 Å². The molecule has 28 heavy (non-hydrogen) atoms. The maximum Gasteiger partial charge on any atom is 0.269 e. The molecule has 1 amide bonds. The highest BCUT2D eigenvalue weighted by atomic mass is 35.5. The van der Waals surface area contributed by atoms with Crippen LogP contribution in [0, 0.1) is 17.0 Å². The first-order chi connectivity index (χ1) is 13.4. The van der Waals surface area contributed by atoms with E-state index in [0.29, 0.717) is 20.7 Å². The molecule has 0 saturated heterocycles. The summed E-state index contributed by atoms with van der Waals surface area (Å²) >= 11 is 9.01. The molecule has 140 valence electrons. The zero-order chi connectivity index (χ0) is 19.8. The van der Waals surface area contributed by atoms with Crippen molar-refractivity contribution in [1.29, 1.82) is 0 Å². The molecule has 0 radical (unpaired) electrons. The number of amides is 1. The largest absolute Gasteiger partial charge is 0.297 e. The molecule has 0 bridgehead atoms. The van der Waals surface area contributed by atoms with Crippen molar-refractivity contribution >= 4 is 61.1 Å². The maximum absolute atomic E-state index is 12.7. The van der Waals surface area contributed by atoms with Crippen LogP contribution in [0.3, 0.4) is 0 Å². The average Bonchev–Trinajstić information content (AvgIpc) is 3.26. The van der Waals surface area contributed by atoms with Crippen molar-refractivity contribution < 1.29 is 9.72 Å². The molecule has 0 saturated carbocycles. The standard InChI is InChI=1S/C19H12ClN3O3S2/c1-10-2-7-13-15(8-10)28-17(16(13)20)18(24)22-19-21-14(9-27-19)11-3-5-12(6-4-11)23(25)26/h2-9H,1H3,(H,21,22,24). The van der Waals surface area contributed by atoms with Gasteiger partial charge in [0.15, 0.2) is 5.13 Å². The van der Waals surface area contributed by atoms with Crippen LogP contribution in [0.5, 0.6) is 0 Å². The number of carbonyl (C=O) groups excluding carboxylic acids is 1. The molecule has 2 aromatic carbocycles. The first-order valence-electron chi connectivity index (χ1n) is 8.13. The molecule has 0 aliphatic carbocycles. The van der Waals surface area contributed by atoms with E-state index in [1.807, 2.05) is 25.1 Å². The van der Waals surface area contributed by atoms with Crippen LogP contribution < -0.4 is 5.32 Å². The Labute approximate surface area is 172 Å². The number of hydrogen-bond acceptors (Lipinski definition) is 6. The van der Waals surface area contributed by atoms with Gasteiger partial charge in [0.05, 0.1) is 15.6 Å². The zero-order valence-corrected chi connectivity index (χ0v) is 16.8. The number of thiophene rings is 1. The number of non-ortho nitro benzene ring substituents is 1. The second kappa shape index (κ2) is 7.31. The minimum atomic E-state index is -0.452. The number of nitrogens with zero attached hydrogens (tertiary/aromatic N) is 2. The molecule has 0 aliphatic rings. The van der Waals surface area contributed by atoms with Crippen LogP contribution in [0.15, 0.2) is 47.8 Å². The normalized spacial score (nSPS) is 10.9. The van der Waals surface area contributed by atoms with E-state index < -0.39 is 4.92 Å². The smallest absolute Gasteiger partial charge is 0.269 e. The van der Waals surface area contributed by atoms with Crippen molar-refractivity contribution in [2.45, 2.75) is 6.92 Å². The summed E-state index contributed by atoms with van der Waals surface area (Å²) < 4.78 is 0.959. The van der Waals surface area contributed by atoms with Crippen LogP contribution in [0.2, 0.25) is 5.02 Å². The van der Waals surface area contributed by atoms with Gasteiger partial charge in [0.25, 0.3) is 11.6 Å². The first-order valence-corrected chi connectivity index (χ1v) is 10.2. The third-order valence-electron chi connectivity index (χ3n) is 4.09. The Morgan fingerprint density at radius 1 is 1.21 bits per heavy atom. The number of benzene rings is 2. The summed E-state index contributed by atoms with van der Waals surface area (Å²) in [7, 11) is 0. The Hall–Kier alpha value is -2.81. The predicted octanol–water partition coefficient (Wildman–Crippen LogP) is 6.15. The van der Waals surface area contributed by atoms with Gasteiger partial charge in [0.2, 0.25) is 0 Å². The van der Waals surface area contributed by atoms with Crippen LogP contribution in [0.1, 0.15) is 15.2 Å². The van der Waals surface area contributed by atoms with Crippen molar-refractivity contribution in [3.63, 3.8) is 0 Å². The van der Waals surface area contributed by atoms with E-state index in [9.17, 15) is 14.9 Å². The fourth-order valence-electron chi connectivity index (χ4n) is 2.69. The Bertz CT molecular complexity index is 1220. The minimum absolute atomic E-state index is 0.0159. The monoisotopic (exact) mass is 429 g/mol. The molecule has 9 heteroatoms. The third kappa shape index (κ3) is 3.49. The van der Waals surface area contributed by atoms with Gasteiger partial charge in [-0.1, -0.05) is 23.7 Å². The van der Waals surface area contributed by atoms with Crippen molar-refractivity contribution in [1.82, 2.24) is 4.98 Å². The predicted molar refractivity (Wildman–Crippen MR) is 114 cm³/mol. The van der Waals surface area contributed by atoms with Crippen LogP contribution in [-0.2, 0) is 0 Å². The highest BCUT2D eigenvalue weighted by Gasteiger charge is 2.18. The number of hydrogen-bond donors (Lipinski definition) is 1. The van der Waals surface area contributed by atoms with E-state index in [1.54, 1.807) is 17.5 Å². The van der Waals surface area contributed by atoms with Gasteiger partial charge >= 0.3 is 0 Å². The fourth-order valence-corrected chi connectivity index (χ4v) is 4.92. The van der Waals surface area contributed by atoms with Crippen molar-refractivity contribution in [2.75, 3.05) is 5.32 Å². The van der Waals surface area contributed by atoms with E-state index in [1.165, 1.54) is 34.8 Å². The summed E-state index contributed by atoms with van der Waals surface area (Å²) in [6, 6.07) is 12.0. The minimum Gasteiger partial charge on any atom is -0.297 e. The Balaban J connectivity index is 1.56. The number of fused-ring (bicyclic) bond motifs is 1. The lowest BCUT2D eigenvalue weighted by atomic mass is 10.1. The molecule has 4 aromatic rings. The number of thiazole rings is 1. The van der Waals surface area contributed by atoms with E-state index >= 15 is 0 Å². The van der Waals surface area contributed by atoms with E-state index in [0.717, 1.165) is 21.2 Å². The number of nitro benzene ring substituents is 1. The van der Waals surface area contributed by atoms with Gasteiger partial charge in [0, 0.05) is 33.2 Å². The molecule has 0 aliphatic heterocycles. The van der Waals surface area contributed by atoms with Gasteiger partial charge in [0.1, 0.15) is 4.88 Å². The molecule has 2 heterocycles. The number of rotatable bonds is 4. The van der Waals surface area contributed by atoms with Crippen LogP contribution >= 0.6 is 34.3 Å². The van der Waals surface area contributed by atoms with Gasteiger partial charge in [-0.25, -0.2) is 4.98 Å². The highest BCUT2D eigenvalue weighted by molar-refractivity contribution is 7.22. The number of anilines is 1. The van der Waals surface area contributed by atoms with Gasteiger partial charge in [-0.3, -0.25) is 20.2 Å². The Kier molecular flexibility index (Phi) is 4.84. The molecule has 6 nitrogen and oxygen atoms in total. The molecule has 4 rings (SSSR count). The lowest BCUT2D eigenvalue weighted by Crippen LogP contribution is -2.10. The van der Waals surface area contributed by atoms with Gasteiger partial charge in [-0.05, 0) is 30.7 Å². The molecule has 2 aromatic heterocycles. The quantitative estimate of drug-likeness (QED) is 0.311. The molecule has 0 spiro atoms. The number of aromatic nitrogens is 1. The molecular formula is C19H12ClN3O3S2. The molecular weight excluding hydrogens is 418 g/mol. The number of nitro groups is 1.